The highest BCUT2D eigenvalue weighted by molar-refractivity contribution is 5.89. The summed E-state index contributed by atoms with van der Waals surface area (Å²) in [7, 11) is 0. The van der Waals surface area contributed by atoms with Gasteiger partial charge in [-0.15, -0.1) is 0 Å². The highest BCUT2D eigenvalue weighted by Gasteiger charge is 2.56. The van der Waals surface area contributed by atoms with Crippen LogP contribution in [0, 0.1) is 23.2 Å². The molecule has 1 aromatic carbocycles. The van der Waals surface area contributed by atoms with Crippen LogP contribution in [0.3, 0.4) is 0 Å². The maximum absolute atomic E-state index is 11.7. The molecular formula is C19H26O3. The summed E-state index contributed by atoms with van der Waals surface area (Å²) in [6.07, 6.45) is 2.80. The first-order valence-electron chi connectivity index (χ1n) is 8.37. The molecule has 0 heterocycles. The molecule has 120 valence electrons. The van der Waals surface area contributed by atoms with E-state index in [0.29, 0.717) is 29.6 Å². The number of carbonyl (C=O) groups excluding carboxylic acids is 1. The van der Waals surface area contributed by atoms with E-state index in [-0.39, 0.29) is 5.97 Å². The van der Waals surface area contributed by atoms with Gasteiger partial charge in [0, 0.05) is 0 Å². The van der Waals surface area contributed by atoms with E-state index in [0.717, 1.165) is 24.0 Å². The lowest BCUT2D eigenvalue weighted by atomic mass is 9.45. The zero-order valence-electron chi connectivity index (χ0n) is 14.0. The topological polar surface area (TPSA) is 35.5 Å². The normalized spacial score (nSPS) is 32.0. The average Bonchev–Trinajstić information content (AvgIpc) is 2.49. The summed E-state index contributed by atoms with van der Waals surface area (Å²) >= 11 is 0. The second kappa shape index (κ2) is 5.60. The minimum Gasteiger partial charge on any atom is -0.490 e. The average molecular weight is 302 g/mol. The lowest BCUT2D eigenvalue weighted by Gasteiger charge is -2.61. The fourth-order valence-corrected chi connectivity index (χ4v) is 4.32. The van der Waals surface area contributed by atoms with Crippen LogP contribution in [-0.2, 0) is 4.74 Å². The number of benzene rings is 1. The van der Waals surface area contributed by atoms with E-state index in [1.807, 2.05) is 19.1 Å². The van der Waals surface area contributed by atoms with Crippen LogP contribution in [0.5, 0.6) is 5.75 Å². The Balaban J connectivity index is 1.64. The Kier molecular flexibility index (Phi) is 3.92. The van der Waals surface area contributed by atoms with Gasteiger partial charge in [-0.3, -0.25) is 0 Å². The molecular weight excluding hydrogens is 276 g/mol. The van der Waals surface area contributed by atoms with Crippen molar-refractivity contribution < 1.29 is 14.3 Å². The van der Waals surface area contributed by atoms with Gasteiger partial charge in [-0.2, -0.15) is 0 Å². The molecule has 3 aliphatic rings. The van der Waals surface area contributed by atoms with Crippen LogP contribution in [0.25, 0.3) is 0 Å². The van der Waals surface area contributed by atoms with E-state index < -0.39 is 0 Å². The summed E-state index contributed by atoms with van der Waals surface area (Å²) in [5.74, 6) is 2.73. The Hall–Kier alpha value is -1.51. The standard InChI is InChI=1S/C19H26O3/c1-5-21-18(20)13-6-8-15(9-7-13)22-17-11-14-10-16(12(17)2)19(14,3)4/h6-9,12,14,16-17H,5,10-11H2,1-4H3/t12-,14+,16+,17+/m0/s1. The van der Waals surface area contributed by atoms with Crippen molar-refractivity contribution in [3.63, 3.8) is 0 Å². The Morgan fingerprint density at radius 2 is 1.91 bits per heavy atom. The number of esters is 1. The smallest absolute Gasteiger partial charge is 0.338 e. The van der Waals surface area contributed by atoms with Crippen molar-refractivity contribution in [2.75, 3.05) is 6.61 Å². The number of ether oxygens (including phenoxy) is 2. The van der Waals surface area contributed by atoms with Gasteiger partial charge in [0.05, 0.1) is 12.2 Å². The molecule has 0 aliphatic heterocycles. The van der Waals surface area contributed by atoms with Gasteiger partial charge in [-0.25, -0.2) is 4.79 Å². The number of fused-ring (bicyclic) bond motifs is 2. The molecule has 0 unspecified atom stereocenters. The summed E-state index contributed by atoms with van der Waals surface area (Å²) in [6.45, 7) is 9.32. The molecule has 2 bridgehead atoms. The lowest BCUT2D eigenvalue weighted by Crippen LogP contribution is -2.57. The van der Waals surface area contributed by atoms with E-state index >= 15 is 0 Å². The molecule has 3 aliphatic carbocycles. The van der Waals surface area contributed by atoms with E-state index in [1.165, 1.54) is 6.42 Å². The third kappa shape index (κ3) is 2.51. The van der Waals surface area contributed by atoms with E-state index in [2.05, 4.69) is 20.8 Å². The van der Waals surface area contributed by atoms with Crippen molar-refractivity contribution in [1.29, 1.82) is 0 Å². The van der Waals surface area contributed by atoms with Gasteiger partial charge in [0.15, 0.2) is 0 Å². The monoisotopic (exact) mass is 302 g/mol. The number of hydrogen-bond donors (Lipinski definition) is 0. The van der Waals surface area contributed by atoms with Crippen LogP contribution >= 0.6 is 0 Å². The number of carbonyl (C=O) groups is 1. The first-order chi connectivity index (χ1) is 10.4. The fourth-order valence-electron chi connectivity index (χ4n) is 4.32. The number of hydrogen-bond acceptors (Lipinski definition) is 3. The first kappa shape index (κ1) is 15.4. The molecule has 0 aromatic heterocycles. The molecule has 3 heteroatoms. The van der Waals surface area contributed by atoms with E-state index in [9.17, 15) is 4.79 Å². The zero-order valence-corrected chi connectivity index (χ0v) is 14.0. The third-order valence-electron chi connectivity index (χ3n) is 5.94. The van der Waals surface area contributed by atoms with Crippen LogP contribution < -0.4 is 4.74 Å². The second-order valence-corrected chi connectivity index (χ2v) is 7.36. The van der Waals surface area contributed by atoms with E-state index in [4.69, 9.17) is 9.47 Å². The largest absolute Gasteiger partial charge is 0.490 e. The van der Waals surface area contributed by atoms with Crippen molar-refractivity contribution in [3.05, 3.63) is 29.8 Å². The van der Waals surface area contributed by atoms with Crippen molar-refractivity contribution in [2.45, 2.75) is 46.6 Å². The highest BCUT2D eigenvalue weighted by Crippen LogP contribution is 2.61. The van der Waals surface area contributed by atoms with E-state index in [1.54, 1.807) is 12.1 Å². The molecule has 0 radical (unpaired) electrons. The molecule has 0 N–H and O–H groups in total. The molecule has 1 aromatic rings. The van der Waals surface area contributed by atoms with Gasteiger partial charge >= 0.3 is 5.97 Å². The molecule has 22 heavy (non-hydrogen) atoms. The maximum Gasteiger partial charge on any atom is 0.338 e. The quantitative estimate of drug-likeness (QED) is 0.777. The molecule has 0 saturated heterocycles. The summed E-state index contributed by atoms with van der Waals surface area (Å²) in [5, 5.41) is 0. The van der Waals surface area contributed by atoms with Gasteiger partial charge in [-0.05, 0) is 67.2 Å². The van der Waals surface area contributed by atoms with Gasteiger partial charge < -0.3 is 9.47 Å². The van der Waals surface area contributed by atoms with Crippen molar-refractivity contribution in [1.82, 2.24) is 0 Å². The molecule has 4 rings (SSSR count). The van der Waals surface area contributed by atoms with Crippen LogP contribution in [0.15, 0.2) is 24.3 Å². The Labute approximate surface area is 133 Å². The van der Waals surface area contributed by atoms with Gasteiger partial charge in [0.2, 0.25) is 0 Å². The minimum absolute atomic E-state index is 0.275. The van der Waals surface area contributed by atoms with Crippen molar-refractivity contribution >= 4 is 5.97 Å². The zero-order chi connectivity index (χ0) is 15.9. The van der Waals surface area contributed by atoms with Crippen molar-refractivity contribution in [3.8, 4) is 5.75 Å². The van der Waals surface area contributed by atoms with Gasteiger partial charge in [0.1, 0.15) is 11.9 Å². The molecule has 3 fully saturated rings. The maximum atomic E-state index is 11.7. The van der Waals surface area contributed by atoms with Crippen LogP contribution in [0.4, 0.5) is 0 Å². The van der Waals surface area contributed by atoms with Crippen LogP contribution in [0.1, 0.15) is 50.9 Å². The molecule has 3 nitrogen and oxygen atoms in total. The summed E-state index contributed by atoms with van der Waals surface area (Å²) in [5.41, 5.74) is 1.06. The van der Waals surface area contributed by atoms with Crippen LogP contribution in [-0.4, -0.2) is 18.7 Å². The van der Waals surface area contributed by atoms with Gasteiger partial charge in [0.25, 0.3) is 0 Å². The Bertz CT molecular complexity index is 546. The predicted octanol–water partition coefficient (Wildman–Crippen LogP) is 4.31. The van der Waals surface area contributed by atoms with Crippen molar-refractivity contribution in [2.24, 2.45) is 23.2 Å². The molecule has 0 amide bonds. The Morgan fingerprint density at radius 3 is 2.45 bits per heavy atom. The first-order valence-corrected chi connectivity index (χ1v) is 8.37. The second-order valence-electron chi connectivity index (χ2n) is 7.36. The predicted molar refractivity (Wildman–Crippen MR) is 86.0 cm³/mol. The lowest BCUT2D eigenvalue weighted by molar-refractivity contribution is -0.147. The summed E-state index contributed by atoms with van der Waals surface area (Å²) in [6, 6.07) is 7.33. The third-order valence-corrected chi connectivity index (χ3v) is 5.94. The summed E-state index contributed by atoms with van der Waals surface area (Å²) in [4.78, 5) is 11.7. The number of rotatable bonds is 4. The SMILES string of the molecule is CCOC(=O)c1ccc(O[C@@H]2C[C@H]3C[C@H]([C@@H]2C)C3(C)C)cc1. The van der Waals surface area contributed by atoms with Gasteiger partial charge in [-0.1, -0.05) is 20.8 Å². The highest BCUT2D eigenvalue weighted by atomic mass is 16.5. The minimum atomic E-state index is -0.275. The molecule has 4 atom stereocenters. The molecule has 3 saturated carbocycles. The van der Waals surface area contributed by atoms with Crippen LogP contribution in [0.2, 0.25) is 0 Å². The fraction of sp³-hybridized carbons (Fsp3) is 0.632. The Morgan fingerprint density at radius 1 is 1.23 bits per heavy atom. The molecule has 0 spiro atoms. The summed E-state index contributed by atoms with van der Waals surface area (Å²) < 4.78 is 11.2.